The van der Waals surface area contributed by atoms with Crippen LogP contribution in [0.1, 0.15) is 29.5 Å². The minimum Gasteiger partial charge on any atom is -0.497 e. The third-order valence-corrected chi connectivity index (χ3v) is 5.02. The van der Waals surface area contributed by atoms with Gasteiger partial charge in [0.15, 0.2) is 0 Å². The molecule has 0 aromatic heterocycles. The van der Waals surface area contributed by atoms with Crippen molar-refractivity contribution in [1.82, 2.24) is 5.43 Å². The fourth-order valence-electron chi connectivity index (χ4n) is 3.11. The molecule has 0 aliphatic rings. The smallest absolute Gasteiger partial charge is 0.118 e. The van der Waals surface area contributed by atoms with E-state index in [9.17, 15) is 0 Å². The zero-order valence-electron chi connectivity index (χ0n) is 16.9. The minimum absolute atomic E-state index is 0.389. The first-order valence-corrected chi connectivity index (χ1v) is 10.1. The van der Waals surface area contributed by atoms with Crippen molar-refractivity contribution in [1.29, 1.82) is 5.41 Å². The number of para-hydroxylation sites is 1. The first-order chi connectivity index (χ1) is 14.6. The topological polar surface area (TPSA) is 83.5 Å². The van der Waals surface area contributed by atoms with Crippen molar-refractivity contribution in [3.8, 4) is 5.75 Å². The number of aryl methyl sites for hydroxylation is 1. The molecule has 0 heterocycles. The number of aliphatic imine (C=N–C) groups is 1. The largest absolute Gasteiger partial charge is 0.497 e. The molecule has 3 aromatic rings. The molecule has 0 aliphatic carbocycles. The van der Waals surface area contributed by atoms with E-state index in [4.69, 9.17) is 32.6 Å². The van der Waals surface area contributed by atoms with Gasteiger partial charge in [-0.15, -0.1) is 0 Å². The van der Waals surface area contributed by atoms with Crippen LogP contribution < -0.4 is 16.0 Å². The summed E-state index contributed by atoms with van der Waals surface area (Å²) in [6, 6.07) is 22.9. The molecule has 0 bridgehead atoms. The Hall–Kier alpha value is -3.15. The lowest BCUT2D eigenvalue weighted by Crippen LogP contribution is -2.30. The number of nitrogens with one attached hydrogen (secondary N) is 2. The average molecular weight is 421 g/mol. The SMILES string of the molecule is COc1ccc(CCCC(=Nc2ccccc2C(=N)c2ccc(Cl)cc2)NN)cc1. The lowest BCUT2D eigenvalue weighted by molar-refractivity contribution is 0.414. The molecule has 30 heavy (non-hydrogen) atoms. The van der Waals surface area contributed by atoms with Gasteiger partial charge in [0.05, 0.1) is 18.5 Å². The van der Waals surface area contributed by atoms with Gasteiger partial charge in [-0.3, -0.25) is 5.41 Å². The van der Waals surface area contributed by atoms with E-state index in [0.717, 1.165) is 29.7 Å². The Morgan fingerprint density at radius 2 is 1.73 bits per heavy atom. The third-order valence-electron chi connectivity index (χ3n) is 4.77. The molecule has 0 unspecified atom stereocenters. The van der Waals surface area contributed by atoms with Crippen molar-refractivity contribution in [2.24, 2.45) is 10.8 Å². The van der Waals surface area contributed by atoms with Gasteiger partial charge in [0.2, 0.25) is 0 Å². The zero-order chi connectivity index (χ0) is 21.3. The first kappa shape index (κ1) is 21.6. The van der Waals surface area contributed by atoms with Crippen molar-refractivity contribution >= 4 is 28.8 Å². The number of amidine groups is 1. The number of benzene rings is 3. The molecule has 0 atom stereocenters. The Balaban J connectivity index is 1.72. The van der Waals surface area contributed by atoms with E-state index in [1.54, 1.807) is 19.2 Å². The van der Waals surface area contributed by atoms with Crippen molar-refractivity contribution in [3.63, 3.8) is 0 Å². The van der Waals surface area contributed by atoms with Crippen molar-refractivity contribution < 1.29 is 4.74 Å². The second kappa shape index (κ2) is 10.6. The Morgan fingerprint density at radius 3 is 2.40 bits per heavy atom. The number of rotatable bonds is 8. The number of methoxy groups -OCH3 is 1. The number of hydrogen-bond acceptors (Lipinski definition) is 4. The Labute approximate surface area is 182 Å². The predicted octanol–water partition coefficient (Wildman–Crippen LogP) is 5.28. The van der Waals surface area contributed by atoms with Crippen LogP contribution in [0.4, 0.5) is 5.69 Å². The van der Waals surface area contributed by atoms with Gasteiger partial charge < -0.3 is 10.2 Å². The van der Waals surface area contributed by atoms with Gasteiger partial charge in [0.25, 0.3) is 0 Å². The summed E-state index contributed by atoms with van der Waals surface area (Å²) >= 11 is 5.97. The number of ether oxygens (including phenoxy) is 1. The van der Waals surface area contributed by atoms with Gasteiger partial charge in [-0.25, -0.2) is 10.8 Å². The minimum atomic E-state index is 0.389. The lowest BCUT2D eigenvalue weighted by atomic mass is 10.0. The first-order valence-electron chi connectivity index (χ1n) is 9.71. The molecule has 0 saturated heterocycles. The molecule has 3 aromatic carbocycles. The highest BCUT2D eigenvalue weighted by molar-refractivity contribution is 6.30. The summed E-state index contributed by atoms with van der Waals surface area (Å²) in [7, 11) is 1.66. The van der Waals surface area contributed by atoms with Crippen LogP contribution in [-0.4, -0.2) is 18.7 Å². The molecule has 6 heteroatoms. The Kier molecular flexibility index (Phi) is 7.60. The number of hydrazine groups is 1. The monoisotopic (exact) mass is 420 g/mol. The molecular formula is C24H25ClN4O. The fourth-order valence-corrected chi connectivity index (χ4v) is 3.24. The predicted molar refractivity (Wildman–Crippen MR) is 124 cm³/mol. The van der Waals surface area contributed by atoms with Crippen LogP contribution in [0.25, 0.3) is 0 Å². The van der Waals surface area contributed by atoms with E-state index in [2.05, 4.69) is 17.6 Å². The number of halogens is 1. The van der Waals surface area contributed by atoms with Crippen molar-refractivity contribution in [2.45, 2.75) is 19.3 Å². The summed E-state index contributed by atoms with van der Waals surface area (Å²) in [5, 5.41) is 9.24. The molecule has 0 amide bonds. The Bertz CT molecular complexity index is 1010. The zero-order valence-corrected chi connectivity index (χ0v) is 17.6. The molecule has 154 valence electrons. The van der Waals surface area contributed by atoms with Crippen LogP contribution in [0, 0.1) is 5.41 Å². The van der Waals surface area contributed by atoms with E-state index < -0.39 is 0 Å². The van der Waals surface area contributed by atoms with Crippen LogP contribution in [0.3, 0.4) is 0 Å². The highest BCUT2D eigenvalue weighted by atomic mass is 35.5. The molecule has 0 spiro atoms. The number of nitrogens with two attached hydrogens (primary N) is 1. The van der Waals surface area contributed by atoms with E-state index >= 15 is 0 Å². The third kappa shape index (κ3) is 5.69. The van der Waals surface area contributed by atoms with Gasteiger partial charge >= 0.3 is 0 Å². The second-order valence-corrected chi connectivity index (χ2v) is 7.24. The van der Waals surface area contributed by atoms with E-state index in [1.165, 1.54) is 5.56 Å². The van der Waals surface area contributed by atoms with Crippen LogP contribution >= 0.6 is 11.6 Å². The number of nitrogens with zero attached hydrogens (tertiary/aromatic N) is 1. The summed E-state index contributed by atoms with van der Waals surface area (Å²) in [5.74, 6) is 7.26. The molecule has 0 saturated carbocycles. The van der Waals surface area contributed by atoms with E-state index in [0.29, 0.717) is 28.7 Å². The van der Waals surface area contributed by atoms with Crippen LogP contribution in [0.5, 0.6) is 5.75 Å². The summed E-state index contributed by atoms with van der Waals surface area (Å²) < 4.78 is 5.19. The molecule has 3 rings (SSSR count). The van der Waals surface area contributed by atoms with Crippen molar-refractivity contribution in [3.05, 3.63) is 94.5 Å². The molecular weight excluding hydrogens is 396 g/mol. The van der Waals surface area contributed by atoms with Crippen molar-refractivity contribution in [2.75, 3.05) is 7.11 Å². The Morgan fingerprint density at radius 1 is 1.03 bits per heavy atom. The summed E-state index contributed by atoms with van der Waals surface area (Å²) in [6.07, 6.45) is 2.50. The van der Waals surface area contributed by atoms with Crippen LogP contribution in [0.2, 0.25) is 5.02 Å². The highest BCUT2D eigenvalue weighted by Gasteiger charge is 2.10. The average Bonchev–Trinajstić information content (AvgIpc) is 2.79. The van der Waals surface area contributed by atoms with Crippen LogP contribution in [-0.2, 0) is 6.42 Å². The highest BCUT2D eigenvalue weighted by Crippen LogP contribution is 2.23. The summed E-state index contributed by atoms with van der Waals surface area (Å²) in [6.45, 7) is 0. The van der Waals surface area contributed by atoms with E-state index in [-0.39, 0.29) is 0 Å². The van der Waals surface area contributed by atoms with Gasteiger partial charge in [-0.1, -0.05) is 54.1 Å². The fraction of sp³-hybridized carbons (Fsp3) is 0.167. The number of hydrogen-bond donors (Lipinski definition) is 3. The second-order valence-electron chi connectivity index (χ2n) is 6.80. The molecule has 0 fully saturated rings. The molecule has 0 aliphatic heterocycles. The van der Waals surface area contributed by atoms with Gasteiger partial charge in [-0.05, 0) is 48.7 Å². The molecule has 5 nitrogen and oxygen atoms in total. The normalized spacial score (nSPS) is 11.2. The summed E-state index contributed by atoms with van der Waals surface area (Å²) in [4.78, 5) is 4.69. The maximum Gasteiger partial charge on any atom is 0.118 e. The maximum absolute atomic E-state index is 8.59. The van der Waals surface area contributed by atoms with Gasteiger partial charge in [0.1, 0.15) is 11.6 Å². The maximum atomic E-state index is 8.59. The quantitative estimate of drug-likeness (QED) is 0.200. The van der Waals surface area contributed by atoms with Gasteiger partial charge in [0, 0.05) is 22.6 Å². The molecule has 0 radical (unpaired) electrons. The van der Waals surface area contributed by atoms with E-state index in [1.807, 2.05) is 48.5 Å². The van der Waals surface area contributed by atoms with Crippen LogP contribution in [0.15, 0.2) is 77.8 Å². The summed E-state index contributed by atoms with van der Waals surface area (Å²) in [5.41, 5.74) is 6.56. The lowest BCUT2D eigenvalue weighted by Gasteiger charge is -2.11. The molecule has 4 N–H and O–H groups in total. The van der Waals surface area contributed by atoms with Gasteiger partial charge in [-0.2, -0.15) is 0 Å². The standard InChI is InChI=1S/C24H25ClN4O/c1-30-20-15-9-17(10-16-20)5-4-8-23(29-27)28-22-7-3-2-6-21(22)24(26)18-11-13-19(25)14-12-18/h2-3,6-7,9-16,26H,4-5,8,27H2,1H3,(H,28,29).